The molecule has 3 heteroatoms. The SMILES string of the molecule is CC(C)(C)c1cc2c([c-]c1-c1ccccc1)Cc1cc(-c3ccccc3)c(C(C)(C)C)cc1-2.C[C](=[Zr+2])c1ccc(C)cc1.Cc1cc(C2(C)CCCCC2)c[cH-]1.[Cl-].[Cl-]. The zero-order chi connectivity index (χ0) is 40.3. The molecule has 0 aromatic heterocycles. The van der Waals surface area contributed by atoms with Crippen LogP contribution in [0.15, 0.2) is 121 Å². The van der Waals surface area contributed by atoms with E-state index in [-0.39, 0.29) is 35.6 Å². The quantitative estimate of drug-likeness (QED) is 0.155. The molecule has 2 aliphatic rings. The van der Waals surface area contributed by atoms with Crippen LogP contribution in [0.2, 0.25) is 0 Å². The number of hydrogen-bond donors (Lipinski definition) is 0. The molecule has 0 atom stereocenters. The molecule has 302 valence electrons. The van der Waals surface area contributed by atoms with E-state index < -0.39 is 0 Å². The maximum Gasteiger partial charge on any atom is -0.0533 e. The predicted molar refractivity (Wildman–Crippen MR) is 240 cm³/mol. The molecule has 0 bridgehead atoms. The van der Waals surface area contributed by atoms with Gasteiger partial charge < -0.3 is 24.8 Å². The van der Waals surface area contributed by atoms with Gasteiger partial charge in [-0.25, -0.2) is 6.07 Å². The summed E-state index contributed by atoms with van der Waals surface area (Å²) in [5.74, 6) is 0. The third-order valence-corrected chi connectivity index (χ3v) is 12.6. The monoisotopic (exact) mass is 882 g/mol. The molecular weight excluding hydrogens is 823 g/mol. The van der Waals surface area contributed by atoms with Crippen molar-refractivity contribution in [3.8, 4) is 33.4 Å². The summed E-state index contributed by atoms with van der Waals surface area (Å²) in [4.78, 5) is 0. The van der Waals surface area contributed by atoms with Crippen molar-refractivity contribution in [2.75, 3.05) is 0 Å². The molecule has 6 aromatic carbocycles. The molecule has 0 unspecified atom stereocenters. The first-order valence-electron chi connectivity index (χ1n) is 20.8. The zero-order valence-corrected chi connectivity index (χ0v) is 40.5. The average Bonchev–Trinajstić information content (AvgIpc) is 3.78. The molecule has 0 spiro atoms. The first-order valence-corrected chi connectivity index (χ1v) is 22.0. The molecule has 8 rings (SSSR count). The maximum absolute atomic E-state index is 3.88. The van der Waals surface area contributed by atoms with Crippen LogP contribution in [0, 0.1) is 19.9 Å². The maximum atomic E-state index is 3.88. The normalized spacial score (nSPS) is 13.9. The van der Waals surface area contributed by atoms with E-state index >= 15 is 0 Å². The summed E-state index contributed by atoms with van der Waals surface area (Å²) >= 11 is 1.51. The van der Waals surface area contributed by atoms with Crippen molar-refractivity contribution in [3.05, 3.63) is 172 Å². The Labute approximate surface area is 378 Å². The molecule has 0 radical (unpaired) electrons. The second-order valence-corrected chi connectivity index (χ2v) is 20.5. The van der Waals surface area contributed by atoms with Gasteiger partial charge in [-0.1, -0.05) is 182 Å². The van der Waals surface area contributed by atoms with Crippen molar-refractivity contribution >= 4 is 3.21 Å². The molecule has 0 nitrogen and oxygen atoms in total. The fourth-order valence-corrected chi connectivity index (χ4v) is 8.87. The number of hydrogen-bond acceptors (Lipinski definition) is 0. The van der Waals surface area contributed by atoms with Gasteiger partial charge in [-0.3, -0.25) is 0 Å². The molecule has 1 fully saturated rings. The van der Waals surface area contributed by atoms with E-state index in [4.69, 9.17) is 0 Å². The molecule has 0 N–H and O–H groups in total. The van der Waals surface area contributed by atoms with Crippen molar-refractivity contribution in [2.24, 2.45) is 0 Å². The van der Waals surface area contributed by atoms with E-state index in [1.165, 1.54) is 132 Å². The van der Waals surface area contributed by atoms with Gasteiger partial charge in [-0.2, -0.15) is 23.3 Å². The minimum absolute atomic E-state index is 0. The van der Waals surface area contributed by atoms with E-state index in [2.05, 4.69) is 197 Å². The summed E-state index contributed by atoms with van der Waals surface area (Å²) in [6.07, 6.45) is 7.99. The van der Waals surface area contributed by atoms with Crippen LogP contribution in [0.1, 0.15) is 132 Å². The summed E-state index contributed by atoms with van der Waals surface area (Å²) in [5.41, 5.74) is 19.7. The number of benzene rings is 5. The molecular formula is C55H62Cl2Zr-2. The van der Waals surface area contributed by atoms with Gasteiger partial charge in [0.15, 0.2) is 0 Å². The first kappa shape index (κ1) is 47.5. The third-order valence-electron chi connectivity index (χ3n) is 11.9. The van der Waals surface area contributed by atoms with Crippen LogP contribution in [0.3, 0.4) is 0 Å². The fourth-order valence-electron chi connectivity index (χ4n) is 8.46. The average molecular weight is 885 g/mol. The van der Waals surface area contributed by atoms with Crippen LogP contribution in [-0.2, 0) is 46.9 Å². The summed E-state index contributed by atoms with van der Waals surface area (Å²) < 4.78 is 1.46. The summed E-state index contributed by atoms with van der Waals surface area (Å²) in [6.45, 7) is 22.8. The third kappa shape index (κ3) is 11.3. The Hall–Kier alpha value is -3.22. The molecule has 6 aromatic rings. The van der Waals surface area contributed by atoms with Crippen LogP contribution < -0.4 is 24.8 Å². The van der Waals surface area contributed by atoms with Crippen molar-refractivity contribution in [3.63, 3.8) is 0 Å². The number of rotatable bonds is 4. The van der Waals surface area contributed by atoms with Gasteiger partial charge >= 0.3 is 76.7 Å². The minimum atomic E-state index is 0. The van der Waals surface area contributed by atoms with E-state index in [9.17, 15) is 0 Å². The van der Waals surface area contributed by atoms with E-state index in [1.54, 1.807) is 5.56 Å². The van der Waals surface area contributed by atoms with Gasteiger partial charge in [0.2, 0.25) is 0 Å². The van der Waals surface area contributed by atoms with Gasteiger partial charge in [0.1, 0.15) is 0 Å². The summed E-state index contributed by atoms with van der Waals surface area (Å²) in [5, 5.41) is 0. The molecule has 58 heavy (non-hydrogen) atoms. The van der Waals surface area contributed by atoms with E-state index in [0.717, 1.165) is 6.42 Å². The first-order chi connectivity index (χ1) is 26.5. The van der Waals surface area contributed by atoms with Crippen molar-refractivity contribution < 1.29 is 49.0 Å². The standard InChI is InChI=1S/C33H33.C13H19.C9H10.2ClH.Zr/c1-32(2,3)30-20-26-24(18-28(30)22-13-9-7-10-14-22)17-25-19-29(23-15-11-8-12-16-23)31(21-27(25)26)33(4,5)6;1-11-6-7-12(10-11)13(2)8-4-3-5-9-13;1-3-9-6-4-8(2)5-7-9;;;/h7-16,18,20-21H,17H2,1-6H3;6-7,10H,3-5,8-9H2,1-2H3;4-7H,1-2H3;2*1H;/q2*-1;;;;+2/p-2. The summed E-state index contributed by atoms with van der Waals surface area (Å²) in [7, 11) is 0. The topological polar surface area (TPSA) is 0 Å². The van der Waals surface area contributed by atoms with Gasteiger partial charge in [0.25, 0.3) is 0 Å². The molecule has 1 saturated carbocycles. The Morgan fingerprint density at radius 1 is 0.655 bits per heavy atom. The molecule has 2 aliphatic carbocycles. The summed E-state index contributed by atoms with van der Waals surface area (Å²) in [6, 6.07) is 48.4. The van der Waals surface area contributed by atoms with Crippen LogP contribution in [0.5, 0.6) is 0 Å². The number of fused-ring (bicyclic) bond motifs is 3. The van der Waals surface area contributed by atoms with Crippen LogP contribution in [-0.4, -0.2) is 3.21 Å². The van der Waals surface area contributed by atoms with Crippen molar-refractivity contribution in [2.45, 2.75) is 124 Å². The Morgan fingerprint density at radius 2 is 1.21 bits per heavy atom. The second kappa shape index (κ2) is 19.9. The van der Waals surface area contributed by atoms with Crippen LogP contribution in [0.25, 0.3) is 33.4 Å². The predicted octanol–water partition coefficient (Wildman–Crippen LogP) is 9.01. The van der Waals surface area contributed by atoms with Gasteiger partial charge in [-0.05, 0) is 39.5 Å². The number of halogens is 2. The Balaban J connectivity index is 0.000000244. The van der Waals surface area contributed by atoms with Crippen molar-refractivity contribution in [1.82, 2.24) is 0 Å². The Morgan fingerprint density at radius 3 is 1.72 bits per heavy atom. The van der Waals surface area contributed by atoms with Crippen LogP contribution >= 0.6 is 0 Å². The van der Waals surface area contributed by atoms with Crippen LogP contribution in [0.4, 0.5) is 0 Å². The fraction of sp³-hybridized carbons (Fsp3) is 0.345. The van der Waals surface area contributed by atoms with Gasteiger partial charge in [-0.15, -0.1) is 28.8 Å². The zero-order valence-electron chi connectivity index (χ0n) is 36.5. The van der Waals surface area contributed by atoms with Crippen molar-refractivity contribution in [1.29, 1.82) is 0 Å². The van der Waals surface area contributed by atoms with E-state index in [1.807, 2.05) is 0 Å². The molecule has 0 aliphatic heterocycles. The smallest absolute Gasteiger partial charge is 0.0533 e. The molecule has 0 heterocycles. The Bertz CT molecular complexity index is 2150. The second-order valence-electron chi connectivity index (χ2n) is 18.7. The molecule has 0 amide bonds. The number of aryl methyl sites for hydroxylation is 2. The van der Waals surface area contributed by atoms with Gasteiger partial charge in [0, 0.05) is 0 Å². The minimum Gasteiger partial charge on any atom is -1.00 e. The van der Waals surface area contributed by atoms with E-state index in [0.29, 0.717) is 5.41 Å². The van der Waals surface area contributed by atoms with Gasteiger partial charge in [0.05, 0.1) is 0 Å². The Kier molecular flexibility index (Phi) is 16.3. The molecule has 0 saturated heterocycles. The largest absolute Gasteiger partial charge is 1.00 e.